The Morgan fingerprint density at radius 1 is 0.652 bits per heavy atom. The van der Waals surface area contributed by atoms with Gasteiger partial charge >= 0.3 is 0 Å². The molecule has 0 aliphatic rings. The molecular formula is C21H16N2. The highest BCUT2D eigenvalue weighted by atomic mass is 15.3. The fraction of sp³-hybridized carbons (Fsp3) is 0. The summed E-state index contributed by atoms with van der Waals surface area (Å²) < 4.78 is 0. The lowest BCUT2D eigenvalue weighted by molar-refractivity contribution is 1.36. The molecule has 0 aromatic heterocycles. The van der Waals surface area contributed by atoms with Crippen LogP contribution in [0.25, 0.3) is 21.5 Å². The van der Waals surface area contributed by atoms with E-state index >= 15 is 0 Å². The molecule has 0 aliphatic heterocycles. The van der Waals surface area contributed by atoms with Crippen molar-refractivity contribution in [2.75, 3.05) is 5.43 Å². The van der Waals surface area contributed by atoms with Crippen LogP contribution >= 0.6 is 0 Å². The van der Waals surface area contributed by atoms with Crippen LogP contribution in [0.4, 0.5) is 5.69 Å². The maximum Gasteiger partial charge on any atom is 0.0568 e. The topological polar surface area (TPSA) is 24.4 Å². The number of nitrogens with zero attached hydrogens (tertiary/aromatic N) is 1. The highest BCUT2D eigenvalue weighted by molar-refractivity contribution is 5.99. The van der Waals surface area contributed by atoms with E-state index < -0.39 is 0 Å². The molecule has 4 aromatic carbocycles. The van der Waals surface area contributed by atoms with Gasteiger partial charge in [0.25, 0.3) is 0 Å². The van der Waals surface area contributed by atoms with Crippen molar-refractivity contribution in [3.05, 3.63) is 90.5 Å². The average Bonchev–Trinajstić information content (AvgIpc) is 2.62. The molecule has 110 valence electrons. The molecule has 0 radical (unpaired) electrons. The number of hydrogen-bond donors (Lipinski definition) is 1. The maximum absolute atomic E-state index is 4.39. The van der Waals surface area contributed by atoms with Gasteiger partial charge in [0, 0.05) is 5.56 Å². The zero-order valence-corrected chi connectivity index (χ0v) is 12.6. The summed E-state index contributed by atoms with van der Waals surface area (Å²) in [4.78, 5) is 0. The largest absolute Gasteiger partial charge is 0.278 e. The average molecular weight is 296 g/mol. The van der Waals surface area contributed by atoms with Crippen molar-refractivity contribution in [3.63, 3.8) is 0 Å². The van der Waals surface area contributed by atoms with E-state index in [0.29, 0.717) is 0 Å². The lowest BCUT2D eigenvalue weighted by Gasteiger charge is -2.04. The van der Waals surface area contributed by atoms with E-state index in [1.807, 2.05) is 24.4 Å². The number of anilines is 1. The molecule has 0 heterocycles. The molecule has 1 N–H and O–H groups in total. The third-order valence-corrected chi connectivity index (χ3v) is 3.97. The Labute approximate surface area is 135 Å². The van der Waals surface area contributed by atoms with Gasteiger partial charge in [0.15, 0.2) is 0 Å². The zero-order chi connectivity index (χ0) is 15.5. The lowest BCUT2D eigenvalue weighted by Crippen LogP contribution is -1.91. The molecule has 0 aliphatic carbocycles. The van der Waals surface area contributed by atoms with E-state index in [1.54, 1.807) is 0 Å². The molecule has 2 heteroatoms. The van der Waals surface area contributed by atoms with Gasteiger partial charge in [0.05, 0.1) is 11.9 Å². The predicted octanol–water partition coefficient (Wildman–Crippen LogP) is 5.44. The smallest absolute Gasteiger partial charge is 0.0568 e. The lowest BCUT2D eigenvalue weighted by atomic mass is 10.1. The van der Waals surface area contributed by atoms with Gasteiger partial charge < -0.3 is 0 Å². The summed E-state index contributed by atoms with van der Waals surface area (Å²) in [7, 11) is 0. The first-order valence-electron chi connectivity index (χ1n) is 7.66. The maximum atomic E-state index is 4.39. The summed E-state index contributed by atoms with van der Waals surface area (Å²) in [5.41, 5.74) is 5.21. The first-order valence-corrected chi connectivity index (χ1v) is 7.66. The molecule has 4 aromatic rings. The highest BCUT2D eigenvalue weighted by Gasteiger charge is 1.97. The molecule has 0 unspecified atom stereocenters. The minimum Gasteiger partial charge on any atom is -0.278 e. The van der Waals surface area contributed by atoms with Crippen LogP contribution in [0.15, 0.2) is 90.0 Å². The van der Waals surface area contributed by atoms with Crippen LogP contribution in [0.2, 0.25) is 0 Å². The third-order valence-electron chi connectivity index (χ3n) is 3.97. The van der Waals surface area contributed by atoms with Crippen LogP contribution < -0.4 is 5.43 Å². The molecule has 0 atom stereocenters. The Kier molecular flexibility index (Phi) is 3.49. The van der Waals surface area contributed by atoms with Crippen LogP contribution in [0.5, 0.6) is 0 Å². The summed E-state index contributed by atoms with van der Waals surface area (Å²) in [5.74, 6) is 0. The number of benzene rings is 4. The summed E-state index contributed by atoms with van der Waals surface area (Å²) >= 11 is 0. The molecule has 0 spiro atoms. The molecule has 2 nitrogen and oxygen atoms in total. The zero-order valence-electron chi connectivity index (χ0n) is 12.6. The van der Waals surface area contributed by atoms with Gasteiger partial charge in [-0.25, -0.2) is 0 Å². The number of rotatable bonds is 3. The van der Waals surface area contributed by atoms with Gasteiger partial charge in [0.1, 0.15) is 0 Å². The van der Waals surface area contributed by atoms with Crippen molar-refractivity contribution in [1.29, 1.82) is 0 Å². The minimum absolute atomic E-state index is 0.986. The highest BCUT2D eigenvalue weighted by Crippen LogP contribution is 2.19. The summed E-state index contributed by atoms with van der Waals surface area (Å²) in [6.07, 6.45) is 1.87. The summed E-state index contributed by atoms with van der Waals surface area (Å²) in [6.45, 7) is 0. The molecular weight excluding hydrogens is 280 g/mol. The van der Waals surface area contributed by atoms with Crippen LogP contribution in [0, 0.1) is 0 Å². The predicted molar refractivity (Wildman–Crippen MR) is 99.1 cm³/mol. The van der Waals surface area contributed by atoms with E-state index in [4.69, 9.17) is 0 Å². The number of hydrogen-bond acceptors (Lipinski definition) is 2. The number of fused-ring (bicyclic) bond motifs is 2. The fourth-order valence-electron chi connectivity index (χ4n) is 2.80. The van der Waals surface area contributed by atoms with Gasteiger partial charge in [0.2, 0.25) is 0 Å². The van der Waals surface area contributed by atoms with Crippen LogP contribution in [-0.2, 0) is 0 Å². The van der Waals surface area contributed by atoms with Crippen molar-refractivity contribution < 1.29 is 0 Å². The Bertz CT molecular complexity index is 997. The molecule has 0 saturated carbocycles. The standard InChI is InChI=1S/C21H16N2/c1-2-8-18-14-20(13-12-16(18)6-1)23-22-15-19-10-5-9-17-7-3-4-11-21(17)19/h1-15,23H/b22-15+. The SMILES string of the molecule is C(=N\Nc1ccc2ccccc2c1)/c1cccc2ccccc12. The van der Waals surface area contributed by atoms with E-state index in [9.17, 15) is 0 Å². The Balaban J connectivity index is 1.60. The molecule has 0 bridgehead atoms. The van der Waals surface area contributed by atoms with Crippen LogP contribution in [0.3, 0.4) is 0 Å². The van der Waals surface area contributed by atoms with E-state index in [2.05, 4.69) is 77.3 Å². The van der Waals surface area contributed by atoms with Crippen molar-refractivity contribution in [2.24, 2.45) is 5.10 Å². The van der Waals surface area contributed by atoms with Crippen molar-refractivity contribution in [3.8, 4) is 0 Å². The first-order chi connectivity index (χ1) is 11.4. The van der Waals surface area contributed by atoms with Gasteiger partial charge in [-0.3, -0.25) is 5.43 Å². The summed E-state index contributed by atoms with van der Waals surface area (Å²) in [5, 5.41) is 9.26. The Hall–Kier alpha value is -3.13. The second-order valence-corrected chi connectivity index (χ2v) is 5.50. The molecule has 0 fully saturated rings. The van der Waals surface area contributed by atoms with Crippen LogP contribution in [0.1, 0.15) is 5.56 Å². The molecule has 4 rings (SSSR count). The molecule has 0 amide bonds. The van der Waals surface area contributed by atoms with E-state index in [-0.39, 0.29) is 0 Å². The van der Waals surface area contributed by atoms with E-state index in [1.165, 1.54) is 21.5 Å². The molecule has 23 heavy (non-hydrogen) atoms. The quantitative estimate of drug-likeness (QED) is 0.395. The number of hydrazone groups is 1. The van der Waals surface area contributed by atoms with Crippen LogP contribution in [-0.4, -0.2) is 6.21 Å². The Morgan fingerprint density at radius 2 is 1.39 bits per heavy atom. The first kappa shape index (κ1) is 13.5. The van der Waals surface area contributed by atoms with Gasteiger partial charge in [-0.05, 0) is 33.7 Å². The normalized spacial score (nSPS) is 11.3. The monoisotopic (exact) mass is 296 g/mol. The van der Waals surface area contributed by atoms with Gasteiger partial charge in [-0.1, -0.05) is 72.8 Å². The van der Waals surface area contributed by atoms with Crippen molar-refractivity contribution >= 4 is 33.4 Å². The van der Waals surface area contributed by atoms with E-state index in [0.717, 1.165) is 11.3 Å². The minimum atomic E-state index is 0.986. The fourth-order valence-corrected chi connectivity index (χ4v) is 2.80. The Morgan fingerprint density at radius 3 is 2.30 bits per heavy atom. The van der Waals surface area contributed by atoms with Gasteiger partial charge in [-0.2, -0.15) is 5.10 Å². The second-order valence-electron chi connectivity index (χ2n) is 5.50. The summed E-state index contributed by atoms with van der Waals surface area (Å²) in [6, 6.07) is 29.1. The second kappa shape index (κ2) is 5.93. The number of nitrogens with one attached hydrogen (secondary N) is 1. The van der Waals surface area contributed by atoms with Gasteiger partial charge in [-0.15, -0.1) is 0 Å². The third kappa shape index (κ3) is 2.79. The van der Waals surface area contributed by atoms with Crippen molar-refractivity contribution in [1.82, 2.24) is 0 Å². The van der Waals surface area contributed by atoms with Crippen molar-refractivity contribution in [2.45, 2.75) is 0 Å². The molecule has 0 saturated heterocycles.